The van der Waals surface area contributed by atoms with Gasteiger partial charge in [0, 0.05) is 42.6 Å². The van der Waals surface area contributed by atoms with Crippen LogP contribution >= 0.6 is 27.5 Å². The normalized spacial score (nSPS) is 24.2. The van der Waals surface area contributed by atoms with Crippen LogP contribution in [0.3, 0.4) is 0 Å². The van der Waals surface area contributed by atoms with Gasteiger partial charge in [0.25, 0.3) is 0 Å². The lowest BCUT2D eigenvalue weighted by atomic mass is 9.86. The molecule has 1 aliphatic heterocycles. The molecule has 2 aromatic heterocycles. The second-order valence-corrected chi connectivity index (χ2v) is 10.9. The number of alkyl halides is 1. The molecule has 3 aromatic rings. The number of nitrogens with one attached hydrogen (secondary N) is 1. The van der Waals surface area contributed by atoms with Crippen molar-refractivity contribution in [1.29, 1.82) is 0 Å². The molecule has 1 saturated heterocycles. The lowest BCUT2D eigenvalue weighted by Crippen LogP contribution is -2.37. The highest BCUT2D eigenvalue weighted by Crippen LogP contribution is 2.37. The zero-order valence-electron chi connectivity index (χ0n) is 18.8. The fourth-order valence-electron chi connectivity index (χ4n) is 5.29. The molecule has 3 atom stereocenters. The number of halogens is 2. The SMILES string of the molecule is Oc1ccccc1CN1CCCC(CNc2cc(C3CCCCC3Cl)nc3c(Br)cnn23)C1. The van der Waals surface area contributed by atoms with Gasteiger partial charge < -0.3 is 10.4 Å². The van der Waals surface area contributed by atoms with E-state index in [1.54, 1.807) is 6.07 Å². The number of anilines is 1. The van der Waals surface area contributed by atoms with Gasteiger partial charge in [-0.05, 0) is 60.1 Å². The fraction of sp³-hybridized carbons (Fsp3) is 0.520. The second-order valence-electron chi connectivity index (χ2n) is 9.45. The lowest BCUT2D eigenvalue weighted by molar-refractivity contribution is 0.171. The van der Waals surface area contributed by atoms with Crippen LogP contribution in [-0.4, -0.2) is 49.6 Å². The standard InChI is InChI=1S/C25H31BrClN5O/c26-20-14-29-32-24(12-22(30-25(20)32)19-8-2-3-9-21(19)27)28-13-17-6-5-11-31(15-17)16-18-7-1-4-10-23(18)33/h1,4,7,10,12,14,17,19,21,28,33H,2-3,5-6,8-9,11,13,15-16H2. The van der Waals surface area contributed by atoms with Crippen molar-refractivity contribution in [2.75, 3.05) is 25.0 Å². The minimum Gasteiger partial charge on any atom is -0.508 e. The van der Waals surface area contributed by atoms with Gasteiger partial charge in [0.05, 0.1) is 16.4 Å². The smallest absolute Gasteiger partial charge is 0.171 e. The molecule has 5 rings (SSSR count). The Hall–Kier alpha value is -1.83. The maximum atomic E-state index is 10.1. The van der Waals surface area contributed by atoms with Crippen LogP contribution in [0.1, 0.15) is 55.7 Å². The number of hydrogen-bond donors (Lipinski definition) is 2. The Kier molecular flexibility index (Phi) is 7.09. The van der Waals surface area contributed by atoms with Crippen molar-refractivity contribution in [2.24, 2.45) is 5.92 Å². The van der Waals surface area contributed by atoms with Crippen molar-refractivity contribution in [2.45, 2.75) is 56.4 Å². The van der Waals surface area contributed by atoms with E-state index in [0.717, 1.165) is 66.2 Å². The number of hydrogen-bond acceptors (Lipinski definition) is 5. The van der Waals surface area contributed by atoms with Crippen molar-refractivity contribution < 1.29 is 5.11 Å². The van der Waals surface area contributed by atoms with Gasteiger partial charge in [0.15, 0.2) is 5.65 Å². The summed E-state index contributed by atoms with van der Waals surface area (Å²) in [5.41, 5.74) is 2.90. The molecule has 2 N–H and O–H groups in total. The number of benzene rings is 1. The van der Waals surface area contributed by atoms with E-state index in [1.807, 2.05) is 28.9 Å². The first-order valence-corrected chi connectivity index (χ1v) is 13.2. The van der Waals surface area contributed by atoms with Gasteiger partial charge in [-0.3, -0.25) is 4.90 Å². The molecule has 6 nitrogen and oxygen atoms in total. The molecule has 1 saturated carbocycles. The topological polar surface area (TPSA) is 65.7 Å². The van der Waals surface area contributed by atoms with Crippen LogP contribution in [0.25, 0.3) is 5.65 Å². The predicted molar refractivity (Wildman–Crippen MR) is 136 cm³/mol. The highest BCUT2D eigenvalue weighted by atomic mass is 79.9. The molecule has 33 heavy (non-hydrogen) atoms. The number of para-hydroxylation sites is 1. The van der Waals surface area contributed by atoms with Gasteiger partial charge in [-0.15, -0.1) is 11.6 Å². The van der Waals surface area contributed by atoms with Gasteiger partial charge >= 0.3 is 0 Å². The van der Waals surface area contributed by atoms with E-state index >= 15 is 0 Å². The highest BCUT2D eigenvalue weighted by Gasteiger charge is 2.28. The lowest BCUT2D eigenvalue weighted by Gasteiger charge is -2.33. The summed E-state index contributed by atoms with van der Waals surface area (Å²) >= 11 is 10.3. The highest BCUT2D eigenvalue weighted by molar-refractivity contribution is 9.10. The Balaban J connectivity index is 1.30. The third kappa shape index (κ3) is 5.15. The van der Waals surface area contributed by atoms with Crippen molar-refractivity contribution in [3.8, 4) is 5.75 Å². The number of phenolic OH excluding ortho intramolecular Hbond substituents is 1. The average molecular weight is 533 g/mol. The van der Waals surface area contributed by atoms with E-state index < -0.39 is 0 Å². The Morgan fingerprint density at radius 2 is 2.00 bits per heavy atom. The quantitative estimate of drug-likeness (QED) is 0.394. The van der Waals surface area contributed by atoms with Crippen LogP contribution in [0.4, 0.5) is 5.82 Å². The van der Waals surface area contributed by atoms with Crippen molar-refractivity contribution in [1.82, 2.24) is 19.5 Å². The molecule has 3 unspecified atom stereocenters. The number of fused-ring (bicyclic) bond motifs is 1. The Morgan fingerprint density at radius 3 is 2.85 bits per heavy atom. The van der Waals surface area contributed by atoms with Gasteiger partial charge in [-0.25, -0.2) is 4.98 Å². The molecule has 8 heteroatoms. The molecular weight excluding hydrogens is 502 g/mol. The number of likely N-dealkylation sites (tertiary alicyclic amines) is 1. The number of rotatable bonds is 6. The number of nitrogens with zero attached hydrogens (tertiary/aromatic N) is 4. The van der Waals surface area contributed by atoms with E-state index in [9.17, 15) is 5.11 Å². The largest absolute Gasteiger partial charge is 0.508 e. The molecule has 2 fully saturated rings. The molecule has 0 spiro atoms. The van der Waals surface area contributed by atoms with Crippen LogP contribution in [0.2, 0.25) is 0 Å². The van der Waals surface area contributed by atoms with Crippen LogP contribution < -0.4 is 5.32 Å². The van der Waals surface area contributed by atoms with Crippen LogP contribution in [-0.2, 0) is 6.54 Å². The Morgan fingerprint density at radius 1 is 1.15 bits per heavy atom. The van der Waals surface area contributed by atoms with E-state index in [2.05, 4.69) is 37.3 Å². The zero-order valence-corrected chi connectivity index (χ0v) is 21.1. The van der Waals surface area contributed by atoms with E-state index in [0.29, 0.717) is 11.7 Å². The Bertz CT molecular complexity index is 1110. The third-order valence-electron chi connectivity index (χ3n) is 7.07. The number of phenols is 1. The number of piperidine rings is 1. The average Bonchev–Trinajstić information content (AvgIpc) is 3.20. The molecule has 0 bridgehead atoms. The van der Waals surface area contributed by atoms with Crippen LogP contribution in [0.5, 0.6) is 5.75 Å². The van der Waals surface area contributed by atoms with Gasteiger partial charge in [0.2, 0.25) is 0 Å². The maximum absolute atomic E-state index is 10.1. The summed E-state index contributed by atoms with van der Waals surface area (Å²) in [7, 11) is 0. The number of aromatic hydroxyl groups is 1. The van der Waals surface area contributed by atoms with E-state index in [1.165, 1.54) is 25.7 Å². The van der Waals surface area contributed by atoms with Gasteiger partial charge in [-0.1, -0.05) is 31.0 Å². The molecule has 1 aliphatic carbocycles. The number of aromatic nitrogens is 3. The monoisotopic (exact) mass is 531 g/mol. The van der Waals surface area contributed by atoms with Crippen LogP contribution in [0, 0.1) is 5.92 Å². The summed E-state index contributed by atoms with van der Waals surface area (Å²) in [5, 5.41) is 18.5. The molecular formula is C25H31BrClN5O. The first kappa shape index (κ1) is 22.9. The molecule has 176 valence electrons. The summed E-state index contributed by atoms with van der Waals surface area (Å²) in [6, 6.07) is 9.80. The van der Waals surface area contributed by atoms with E-state index in [4.69, 9.17) is 16.6 Å². The summed E-state index contributed by atoms with van der Waals surface area (Å²) in [4.78, 5) is 7.38. The minimum absolute atomic E-state index is 0.143. The predicted octanol–water partition coefficient (Wildman–Crippen LogP) is 5.79. The fourth-order valence-corrected chi connectivity index (χ4v) is 6.04. The Labute approximate surface area is 208 Å². The van der Waals surface area contributed by atoms with Crippen LogP contribution in [0.15, 0.2) is 41.0 Å². The third-order valence-corrected chi connectivity index (χ3v) is 8.15. The molecule has 1 aromatic carbocycles. The maximum Gasteiger partial charge on any atom is 0.171 e. The van der Waals surface area contributed by atoms with Crippen molar-refractivity contribution in [3.05, 3.63) is 52.3 Å². The van der Waals surface area contributed by atoms with Crippen molar-refractivity contribution in [3.63, 3.8) is 0 Å². The summed E-state index contributed by atoms with van der Waals surface area (Å²) in [6.45, 7) is 3.75. The van der Waals surface area contributed by atoms with Crippen molar-refractivity contribution >= 4 is 39.0 Å². The zero-order chi connectivity index (χ0) is 22.8. The first-order valence-electron chi connectivity index (χ1n) is 12.0. The molecule has 0 radical (unpaired) electrons. The summed E-state index contributed by atoms with van der Waals surface area (Å²) < 4.78 is 2.79. The van der Waals surface area contributed by atoms with Gasteiger partial charge in [0.1, 0.15) is 11.6 Å². The first-order chi connectivity index (χ1) is 16.1. The summed E-state index contributed by atoms with van der Waals surface area (Å²) in [5.74, 6) is 2.18. The molecule has 0 amide bonds. The molecule has 3 heterocycles. The van der Waals surface area contributed by atoms with Gasteiger partial charge in [-0.2, -0.15) is 9.61 Å². The minimum atomic E-state index is 0.143. The van der Waals surface area contributed by atoms with E-state index in [-0.39, 0.29) is 11.3 Å². The molecule has 2 aliphatic rings. The summed E-state index contributed by atoms with van der Waals surface area (Å²) in [6.07, 6.45) is 8.72. The second kappa shape index (κ2) is 10.2.